The van der Waals surface area contributed by atoms with Crippen molar-refractivity contribution >= 4 is 0 Å². The summed E-state index contributed by atoms with van der Waals surface area (Å²) in [6.07, 6.45) is 0. The molecule has 124 valence electrons. The molecule has 0 amide bonds. The Morgan fingerprint density at radius 3 is 2.39 bits per heavy atom. The number of benzene rings is 2. The molecule has 0 aromatic heterocycles. The first-order valence-electron chi connectivity index (χ1n) is 8.32. The highest BCUT2D eigenvalue weighted by Crippen LogP contribution is 2.29. The van der Waals surface area contributed by atoms with E-state index >= 15 is 0 Å². The van der Waals surface area contributed by atoms with Crippen LogP contribution < -0.4 is 14.8 Å². The Morgan fingerprint density at radius 2 is 1.70 bits per heavy atom. The third kappa shape index (κ3) is 5.95. The van der Waals surface area contributed by atoms with Crippen molar-refractivity contribution < 1.29 is 9.47 Å². The summed E-state index contributed by atoms with van der Waals surface area (Å²) in [4.78, 5) is 0. The Kier molecular flexibility index (Phi) is 6.95. The standard InChI is InChI=1S/C20H27NO2/c1-4-22-20-12-18(14-21-13-16(2)3)10-11-19(20)23-15-17-8-6-5-7-9-17/h5-12,16,21H,4,13-15H2,1-3H3. The lowest BCUT2D eigenvalue weighted by molar-refractivity contribution is 0.269. The SMILES string of the molecule is CCOc1cc(CNCC(C)C)ccc1OCc1ccccc1. The average Bonchev–Trinajstić information content (AvgIpc) is 2.55. The van der Waals surface area contributed by atoms with Crippen LogP contribution in [0.5, 0.6) is 11.5 Å². The van der Waals surface area contributed by atoms with Gasteiger partial charge in [0.25, 0.3) is 0 Å². The molecule has 1 N–H and O–H groups in total. The van der Waals surface area contributed by atoms with Crippen LogP contribution in [0.15, 0.2) is 48.5 Å². The lowest BCUT2D eigenvalue weighted by Gasteiger charge is -2.14. The van der Waals surface area contributed by atoms with Gasteiger partial charge < -0.3 is 14.8 Å². The molecule has 0 bridgehead atoms. The van der Waals surface area contributed by atoms with Gasteiger partial charge in [-0.15, -0.1) is 0 Å². The van der Waals surface area contributed by atoms with Crippen LogP contribution in [0.3, 0.4) is 0 Å². The van der Waals surface area contributed by atoms with E-state index in [0.717, 1.165) is 30.2 Å². The maximum Gasteiger partial charge on any atom is 0.161 e. The van der Waals surface area contributed by atoms with Crippen molar-refractivity contribution in [2.75, 3.05) is 13.2 Å². The molecular formula is C20H27NO2. The van der Waals surface area contributed by atoms with Crippen molar-refractivity contribution in [2.45, 2.75) is 33.9 Å². The first-order valence-corrected chi connectivity index (χ1v) is 8.32. The van der Waals surface area contributed by atoms with Crippen LogP contribution in [0.25, 0.3) is 0 Å². The molecule has 2 rings (SSSR count). The third-order valence-corrected chi connectivity index (χ3v) is 3.43. The Bertz CT molecular complexity index is 581. The van der Waals surface area contributed by atoms with Gasteiger partial charge in [0.15, 0.2) is 11.5 Å². The van der Waals surface area contributed by atoms with E-state index < -0.39 is 0 Å². The molecule has 0 heterocycles. The zero-order chi connectivity index (χ0) is 16.5. The molecule has 0 spiro atoms. The van der Waals surface area contributed by atoms with Crippen LogP contribution in [0.4, 0.5) is 0 Å². The summed E-state index contributed by atoms with van der Waals surface area (Å²) >= 11 is 0. The molecule has 0 fully saturated rings. The predicted molar refractivity (Wildman–Crippen MR) is 94.9 cm³/mol. The number of rotatable bonds is 9. The van der Waals surface area contributed by atoms with Crippen molar-refractivity contribution in [3.8, 4) is 11.5 Å². The number of nitrogens with one attached hydrogen (secondary N) is 1. The molecule has 0 aliphatic carbocycles. The molecule has 3 heteroatoms. The van der Waals surface area contributed by atoms with Crippen molar-refractivity contribution in [3.05, 3.63) is 59.7 Å². The minimum absolute atomic E-state index is 0.547. The lowest BCUT2D eigenvalue weighted by Crippen LogP contribution is -2.19. The molecule has 0 radical (unpaired) electrons. The van der Waals surface area contributed by atoms with Gasteiger partial charge in [-0.3, -0.25) is 0 Å². The number of hydrogen-bond acceptors (Lipinski definition) is 3. The molecule has 0 aliphatic heterocycles. The van der Waals surface area contributed by atoms with Crippen molar-refractivity contribution in [1.29, 1.82) is 0 Å². The molecular weight excluding hydrogens is 286 g/mol. The first kappa shape index (κ1) is 17.4. The van der Waals surface area contributed by atoms with Gasteiger partial charge >= 0.3 is 0 Å². The van der Waals surface area contributed by atoms with Crippen molar-refractivity contribution in [2.24, 2.45) is 5.92 Å². The van der Waals surface area contributed by atoms with Crippen LogP contribution in [0.1, 0.15) is 31.9 Å². The van der Waals surface area contributed by atoms with Gasteiger partial charge in [-0.2, -0.15) is 0 Å². The van der Waals surface area contributed by atoms with Crippen LogP contribution in [-0.4, -0.2) is 13.2 Å². The van der Waals surface area contributed by atoms with E-state index in [2.05, 4.69) is 43.4 Å². The predicted octanol–water partition coefficient (Wildman–Crippen LogP) is 4.41. The summed E-state index contributed by atoms with van der Waals surface area (Å²) in [5.41, 5.74) is 2.36. The second-order valence-corrected chi connectivity index (χ2v) is 6.01. The molecule has 2 aromatic rings. The van der Waals surface area contributed by atoms with E-state index in [1.54, 1.807) is 0 Å². The van der Waals surface area contributed by atoms with Crippen LogP contribution in [0, 0.1) is 5.92 Å². The second kappa shape index (κ2) is 9.21. The van der Waals surface area contributed by atoms with Crippen LogP contribution >= 0.6 is 0 Å². The highest BCUT2D eigenvalue weighted by molar-refractivity contribution is 5.43. The van der Waals surface area contributed by atoms with E-state index in [1.165, 1.54) is 5.56 Å². The molecule has 0 saturated heterocycles. The van der Waals surface area contributed by atoms with Gasteiger partial charge in [-0.1, -0.05) is 50.2 Å². The first-order chi connectivity index (χ1) is 11.2. The molecule has 3 nitrogen and oxygen atoms in total. The van der Waals surface area contributed by atoms with Crippen molar-refractivity contribution in [1.82, 2.24) is 5.32 Å². The Hall–Kier alpha value is -2.00. The Labute approximate surface area is 139 Å². The third-order valence-electron chi connectivity index (χ3n) is 3.43. The quantitative estimate of drug-likeness (QED) is 0.744. The zero-order valence-corrected chi connectivity index (χ0v) is 14.3. The van der Waals surface area contributed by atoms with Gasteiger partial charge in [-0.25, -0.2) is 0 Å². The van der Waals surface area contributed by atoms with E-state index in [9.17, 15) is 0 Å². The maximum atomic E-state index is 5.93. The fourth-order valence-electron chi connectivity index (χ4n) is 2.29. The number of hydrogen-bond donors (Lipinski definition) is 1. The molecule has 0 unspecified atom stereocenters. The van der Waals surface area contributed by atoms with E-state index in [1.807, 2.05) is 31.2 Å². The molecule has 2 aromatic carbocycles. The summed E-state index contributed by atoms with van der Waals surface area (Å²) in [6, 6.07) is 16.3. The van der Waals surface area contributed by atoms with E-state index in [4.69, 9.17) is 9.47 Å². The topological polar surface area (TPSA) is 30.5 Å². The fourth-order valence-corrected chi connectivity index (χ4v) is 2.29. The zero-order valence-electron chi connectivity index (χ0n) is 14.3. The van der Waals surface area contributed by atoms with Crippen molar-refractivity contribution in [3.63, 3.8) is 0 Å². The summed E-state index contributed by atoms with van der Waals surface area (Å²) in [6.45, 7) is 9.44. The Morgan fingerprint density at radius 1 is 0.913 bits per heavy atom. The summed E-state index contributed by atoms with van der Waals surface area (Å²) in [7, 11) is 0. The highest BCUT2D eigenvalue weighted by atomic mass is 16.5. The minimum Gasteiger partial charge on any atom is -0.490 e. The van der Waals surface area contributed by atoms with Gasteiger partial charge in [0, 0.05) is 6.54 Å². The largest absolute Gasteiger partial charge is 0.490 e. The van der Waals surface area contributed by atoms with Gasteiger partial charge in [0.1, 0.15) is 6.61 Å². The van der Waals surface area contributed by atoms with E-state index in [0.29, 0.717) is 19.1 Å². The molecule has 23 heavy (non-hydrogen) atoms. The monoisotopic (exact) mass is 313 g/mol. The molecule has 0 saturated carbocycles. The highest BCUT2D eigenvalue weighted by Gasteiger charge is 2.07. The average molecular weight is 313 g/mol. The van der Waals surface area contributed by atoms with Crippen LogP contribution in [-0.2, 0) is 13.2 Å². The summed E-state index contributed by atoms with van der Waals surface area (Å²) in [5, 5.41) is 3.45. The fraction of sp³-hybridized carbons (Fsp3) is 0.400. The minimum atomic E-state index is 0.547. The molecule has 0 atom stereocenters. The number of ether oxygens (including phenoxy) is 2. The van der Waals surface area contributed by atoms with Gasteiger partial charge in [-0.05, 0) is 42.6 Å². The Balaban J connectivity index is 2.00. The summed E-state index contributed by atoms with van der Waals surface area (Å²) in [5.74, 6) is 2.26. The second-order valence-electron chi connectivity index (χ2n) is 6.01. The smallest absolute Gasteiger partial charge is 0.161 e. The molecule has 0 aliphatic rings. The summed E-state index contributed by atoms with van der Waals surface area (Å²) < 4.78 is 11.7. The van der Waals surface area contributed by atoms with Crippen LogP contribution in [0.2, 0.25) is 0 Å². The normalized spacial score (nSPS) is 10.8. The maximum absolute atomic E-state index is 5.93. The lowest BCUT2D eigenvalue weighted by atomic mass is 10.1. The van der Waals surface area contributed by atoms with Gasteiger partial charge in [0.05, 0.1) is 6.61 Å². The van der Waals surface area contributed by atoms with Gasteiger partial charge in [0.2, 0.25) is 0 Å². The van der Waals surface area contributed by atoms with E-state index in [-0.39, 0.29) is 0 Å².